The van der Waals surface area contributed by atoms with Crippen LogP contribution in [0.1, 0.15) is 23.7 Å². The quantitative estimate of drug-likeness (QED) is 0.796. The lowest BCUT2D eigenvalue weighted by Crippen LogP contribution is -2.25. The zero-order valence-corrected chi connectivity index (χ0v) is 13.1. The van der Waals surface area contributed by atoms with Crippen LogP contribution in [0.2, 0.25) is 0 Å². The summed E-state index contributed by atoms with van der Waals surface area (Å²) in [5, 5.41) is 11.5. The molecule has 0 aliphatic carbocycles. The van der Waals surface area contributed by atoms with Crippen molar-refractivity contribution in [3.63, 3.8) is 0 Å². The summed E-state index contributed by atoms with van der Waals surface area (Å²) in [7, 11) is -3.84. The van der Waals surface area contributed by atoms with Crippen molar-refractivity contribution in [3.05, 3.63) is 28.2 Å². The Bertz CT molecular complexity index is 627. The van der Waals surface area contributed by atoms with E-state index in [-0.39, 0.29) is 22.8 Å². The highest BCUT2D eigenvalue weighted by Gasteiger charge is 2.23. The van der Waals surface area contributed by atoms with E-state index >= 15 is 0 Å². The summed E-state index contributed by atoms with van der Waals surface area (Å²) in [4.78, 5) is 22.1. The molecule has 1 aromatic carbocycles. The number of hydrogen-bond acceptors (Lipinski definition) is 4. The monoisotopic (exact) mass is 363 g/mol. The number of amides is 1. The fraction of sp³-hybridized carbons (Fsp3) is 0.333. The molecule has 0 saturated heterocycles. The zero-order chi connectivity index (χ0) is 15.3. The summed E-state index contributed by atoms with van der Waals surface area (Å²) in [6, 6.07) is 3.90. The van der Waals surface area contributed by atoms with Crippen molar-refractivity contribution in [2.45, 2.75) is 18.2 Å². The van der Waals surface area contributed by atoms with Crippen LogP contribution in [0.15, 0.2) is 27.6 Å². The van der Waals surface area contributed by atoms with E-state index in [1.807, 2.05) is 0 Å². The van der Waals surface area contributed by atoms with Gasteiger partial charge in [-0.2, -0.15) is 0 Å². The Morgan fingerprint density at radius 1 is 1.35 bits per heavy atom. The van der Waals surface area contributed by atoms with Gasteiger partial charge in [-0.3, -0.25) is 4.79 Å². The summed E-state index contributed by atoms with van der Waals surface area (Å²) in [5.74, 6) is -2.15. The minimum absolute atomic E-state index is 0.207. The van der Waals surface area contributed by atoms with Gasteiger partial charge < -0.3 is 10.4 Å². The van der Waals surface area contributed by atoms with Gasteiger partial charge in [0.15, 0.2) is 9.84 Å². The number of carbonyl (C=O) groups is 2. The van der Waals surface area contributed by atoms with Crippen molar-refractivity contribution in [2.24, 2.45) is 0 Å². The number of benzene rings is 1. The minimum atomic E-state index is -3.84. The van der Waals surface area contributed by atoms with Crippen molar-refractivity contribution >= 4 is 37.6 Å². The van der Waals surface area contributed by atoms with E-state index in [0.717, 1.165) is 0 Å². The molecule has 1 amide bonds. The highest BCUT2D eigenvalue weighted by Crippen LogP contribution is 2.23. The number of sulfone groups is 1. The topological polar surface area (TPSA) is 101 Å². The number of aromatic carboxylic acids is 1. The van der Waals surface area contributed by atoms with Crippen LogP contribution < -0.4 is 5.32 Å². The summed E-state index contributed by atoms with van der Waals surface area (Å²) < 4.78 is 24.8. The minimum Gasteiger partial charge on any atom is -0.478 e. The third kappa shape index (κ3) is 4.31. The molecule has 0 saturated carbocycles. The van der Waals surface area contributed by atoms with E-state index in [4.69, 9.17) is 5.11 Å². The Hall–Kier alpha value is -1.41. The van der Waals surface area contributed by atoms with Gasteiger partial charge >= 0.3 is 5.97 Å². The Morgan fingerprint density at radius 2 is 2.00 bits per heavy atom. The maximum atomic E-state index is 12.2. The number of carboxylic acids is 1. The highest BCUT2D eigenvalue weighted by atomic mass is 79.9. The first kappa shape index (κ1) is 16.6. The molecule has 0 aliphatic rings. The molecule has 0 aromatic heterocycles. The normalized spacial score (nSPS) is 11.1. The number of hydrogen-bond donors (Lipinski definition) is 2. The SMILES string of the molecule is CCNC(=O)CCS(=O)(=O)c1cc(Br)ccc1C(=O)O. The van der Waals surface area contributed by atoms with Crippen LogP contribution >= 0.6 is 15.9 Å². The Morgan fingerprint density at radius 3 is 2.55 bits per heavy atom. The molecule has 8 heteroatoms. The van der Waals surface area contributed by atoms with Crippen molar-refractivity contribution in [3.8, 4) is 0 Å². The van der Waals surface area contributed by atoms with Gasteiger partial charge in [-0.05, 0) is 25.1 Å². The van der Waals surface area contributed by atoms with Crippen molar-refractivity contribution < 1.29 is 23.1 Å². The van der Waals surface area contributed by atoms with E-state index in [1.165, 1.54) is 18.2 Å². The molecule has 0 radical (unpaired) electrons. The smallest absolute Gasteiger partial charge is 0.337 e. The molecule has 0 atom stereocenters. The first-order valence-corrected chi connectivity index (χ1v) is 8.24. The molecule has 110 valence electrons. The lowest BCUT2D eigenvalue weighted by molar-refractivity contribution is -0.120. The van der Waals surface area contributed by atoms with Gasteiger partial charge in [0, 0.05) is 17.4 Å². The number of nitrogens with one attached hydrogen (secondary N) is 1. The van der Waals surface area contributed by atoms with Crippen LogP contribution in [0.3, 0.4) is 0 Å². The Balaban J connectivity index is 3.06. The largest absolute Gasteiger partial charge is 0.478 e. The molecule has 1 aromatic rings. The van der Waals surface area contributed by atoms with Gasteiger partial charge in [-0.25, -0.2) is 13.2 Å². The molecule has 0 fully saturated rings. The standard InChI is InChI=1S/C12H14BrNO5S/c1-2-14-11(15)5-6-20(18,19)10-7-8(13)3-4-9(10)12(16)17/h3-4,7H,2,5-6H2,1H3,(H,14,15)(H,16,17). The number of carboxylic acid groups (broad SMARTS) is 1. The number of carbonyl (C=O) groups excluding carboxylic acids is 1. The predicted octanol–water partition coefficient (Wildman–Crippen LogP) is 1.45. The number of halogens is 1. The third-order valence-electron chi connectivity index (χ3n) is 2.48. The second-order valence-corrected chi connectivity index (χ2v) is 6.96. The van der Waals surface area contributed by atoms with Crippen molar-refractivity contribution in [1.82, 2.24) is 5.32 Å². The van der Waals surface area contributed by atoms with Crippen LogP contribution in [0, 0.1) is 0 Å². The molecular weight excluding hydrogens is 350 g/mol. The maximum absolute atomic E-state index is 12.2. The van der Waals surface area contributed by atoms with Crippen molar-refractivity contribution in [2.75, 3.05) is 12.3 Å². The highest BCUT2D eigenvalue weighted by molar-refractivity contribution is 9.10. The lowest BCUT2D eigenvalue weighted by Gasteiger charge is -2.08. The molecule has 20 heavy (non-hydrogen) atoms. The van der Waals surface area contributed by atoms with Crippen molar-refractivity contribution in [1.29, 1.82) is 0 Å². The van der Waals surface area contributed by atoms with Gasteiger partial charge in [-0.1, -0.05) is 15.9 Å². The average molecular weight is 364 g/mol. The predicted molar refractivity (Wildman–Crippen MR) is 76.5 cm³/mol. The van der Waals surface area contributed by atoms with E-state index < -0.39 is 21.6 Å². The Kier molecular flexibility index (Phi) is 5.70. The molecule has 2 N–H and O–H groups in total. The zero-order valence-electron chi connectivity index (χ0n) is 10.7. The van der Waals surface area contributed by atoms with Crippen LogP contribution in [0.25, 0.3) is 0 Å². The van der Waals surface area contributed by atoms with Crippen LogP contribution in [-0.2, 0) is 14.6 Å². The maximum Gasteiger partial charge on any atom is 0.337 e. The lowest BCUT2D eigenvalue weighted by atomic mass is 10.2. The van der Waals surface area contributed by atoms with Crippen LogP contribution in [-0.4, -0.2) is 37.7 Å². The third-order valence-corrected chi connectivity index (χ3v) is 4.72. The molecular formula is C12H14BrNO5S. The molecule has 0 bridgehead atoms. The summed E-state index contributed by atoms with van der Waals surface area (Å²) >= 11 is 3.11. The second kappa shape index (κ2) is 6.85. The van der Waals surface area contributed by atoms with E-state index in [2.05, 4.69) is 21.2 Å². The summed E-state index contributed by atoms with van der Waals surface area (Å²) in [5.41, 5.74) is -0.302. The van der Waals surface area contributed by atoms with Gasteiger partial charge in [0.05, 0.1) is 16.2 Å². The van der Waals surface area contributed by atoms with E-state index in [9.17, 15) is 18.0 Å². The summed E-state index contributed by atoms with van der Waals surface area (Å²) in [6.45, 7) is 2.14. The van der Waals surface area contributed by atoms with E-state index in [0.29, 0.717) is 11.0 Å². The fourth-order valence-electron chi connectivity index (χ4n) is 1.55. The van der Waals surface area contributed by atoms with Gasteiger partial charge in [0.2, 0.25) is 5.91 Å². The van der Waals surface area contributed by atoms with Crippen LogP contribution in [0.5, 0.6) is 0 Å². The average Bonchev–Trinajstić information content (AvgIpc) is 2.36. The van der Waals surface area contributed by atoms with Gasteiger partial charge in [0.1, 0.15) is 0 Å². The first-order chi connectivity index (χ1) is 9.27. The Labute approximate surface area is 125 Å². The molecule has 1 rings (SSSR count). The van der Waals surface area contributed by atoms with Gasteiger partial charge in [-0.15, -0.1) is 0 Å². The van der Waals surface area contributed by atoms with Gasteiger partial charge in [0.25, 0.3) is 0 Å². The van der Waals surface area contributed by atoms with Crippen LogP contribution in [0.4, 0.5) is 0 Å². The second-order valence-electron chi connectivity index (χ2n) is 3.97. The van der Waals surface area contributed by atoms with E-state index in [1.54, 1.807) is 6.92 Å². The molecule has 0 aliphatic heterocycles. The first-order valence-electron chi connectivity index (χ1n) is 5.80. The molecule has 0 heterocycles. The molecule has 0 spiro atoms. The number of rotatable bonds is 6. The molecule has 6 nitrogen and oxygen atoms in total. The molecule has 0 unspecified atom stereocenters. The summed E-state index contributed by atoms with van der Waals surface area (Å²) in [6.07, 6.45) is -0.207. The fourth-order valence-corrected chi connectivity index (χ4v) is 3.54.